The molecule has 12 nitrogen and oxygen atoms in total. The summed E-state index contributed by atoms with van der Waals surface area (Å²) in [6.07, 6.45) is 0.621. The van der Waals surface area contributed by atoms with Crippen LogP contribution in [0.25, 0.3) is 0 Å². The topological polar surface area (TPSA) is 157 Å². The van der Waals surface area contributed by atoms with E-state index in [4.69, 9.17) is 14.0 Å². The van der Waals surface area contributed by atoms with E-state index in [-0.39, 0.29) is 39.1 Å². The molecule has 0 bridgehead atoms. The van der Waals surface area contributed by atoms with Crippen LogP contribution in [0.2, 0.25) is 0 Å². The van der Waals surface area contributed by atoms with E-state index in [0.717, 1.165) is 0 Å². The largest absolute Gasteiger partial charge is 0.640 e. The van der Waals surface area contributed by atoms with Gasteiger partial charge in [0.05, 0.1) is 0 Å². The molecule has 0 aliphatic carbocycles. The molecule has 0 amide bonds. The Labute approximate surface area is 145 Å². The maximum absolute atomic E-state index is 10.8. The smallest absolute Gasteiger partial charge is 0.379 e. The summed E-state index contributed by atoms with van der Waals surface area (Å²) in [5, 5.41) is 32.4. The van der Waals surface area contributed by atoms with Crippen molar-refractivity contribution in [1.29, 1.82) is 0 Å². The van der Waals surface area contributed by atoms with Crippen molar-refractivity contribution in [2.45, 2.75) is 58.2 Å². The van der Waals surface area contributed by atoms with Crippen molar-refractivity contribution in [1.82, 2.24) is 0 Å². The molecule has 0 radical (unpaired) electrons. The lowest BCUT2D eigenvalue weighted by atomic mass is 10.1. The van der Waals surface area contributed by atoms with E-state index in [0.29, 0.717) is 0 Å². The van der Waals surface area contributed by atoms with Gasteiger partial charge in [0.1, 0.15) is 19.8 Å². The summed E-state index contributed by atoms with van der Waals surface area (Å²) in [6.45, 7) is 3.81. The van der Waals surface area contributed by atoms with E-state index < -0.39 is 40.2 Å². The first kappa shape index (κ1) is 23.1. The average molecular weight is 365 g/mol. The minimum atomic E-state index is -1.45. The van der Waals surface area contributed by atoms with Crippen molar-refractivity contribution < 1.29 is 28.7 Å². The van der Waals surface area contributed by atoms with Crippen molar-refractivity contribution in [2.24, 2.45) is 0 Å². The van der Waals surface area contributed by atoms with E-state index >= 15 is 0 Å². The third-order valence-corrected chi connectivity index (χ3v) is 3.58. The molecule has 0 unspecified atom stereocenters. The van der Waals surface area contributed by atoms with Crippen LogP contribution in [0.3, 0.4) is 0 Å². The van der Waals surface area contributed by atoms with Crippen LogP contribution in [0.1, 0.15) is 40.0 Å². The monoisotopic (exact) mass is 365 g/mol. The van der Waals surface area contributed by atoms with Crippen LogP contribution in [0.5, 0.6) is 0 Å². The third-order valence-electron chi connectivity index (χ3n) is 3.58. The van der Waals surface area contributed by atoms with Gasteiger partial charge in [-0.15, -0.1) is 0 Å². The average Bonchev–Trinajstić information content (AvgIpc) is 2.54. The normalized spacial score (nSPS) is 14.5. The fourth-order valence-electron chi connectivity index (χ4n) is 1.70. The fraction of sp³-hybridized carbons (Fsp3) is 1.00. The van der Waals surface area contributed by atoms with Crippen LogP contribution in [-0.4, -0.2) is 60.0 Å². The van der Waals surface area contributed by atoms with Crippen LogP contribution in [-0.2, 0) is 14.0 Å². The van der Waals surface area contributed by atoms with Crippen molar-refractivity contribution >= 4 is 7.32 Å². The predicted octanol–water partition coefficient (Wildman–Crippen LogP) is 1.19. The van der Waals surface area contributed by atoms with Crippen molar-refractivity contribution in [3.8, 4) is 0 Å². The van der Waals surface area contributed by atoms with Gasteiger partial charge in [0.15, 0.2) is 0 Å². The number of nitrogens with zero attached hydrogens (tertiary/aromatic N) is 3. The first-order chi connectivity index (χ1) is 11.8. The second kappa shape index (κ2) is 12.5. The minimum Gasteiger partial charge on any atom is -0.379 e. The van der Waals surface area contributed by atoms with Crippen molar-refractivity contribution in [3.63, 3.8) is 0 Å². The number of hydrogen-bond donors (Lipinski definition) is 0. The first-order valence-corrected chi connectivity index (χ1v) is 8.01. The molecule has 0 aliphatic rings. The second-order valence-corrected chi connectivity index (χ2v) is 5.33. The Bertz CT molecular complexity index is 378. The molecule has 0 saturated heterocycles. The molecule has 3 atom stereocenters. The molecule has 25 heavy (non-hydrogen) atoms. The Kier molecular flexibility index (Phi) is 11.6. The number of nitro groups is 3. The zero-order valence-electron chi connectivity index (χ0n) is 14.6. The van der Waals surface area contributed by atoms with E-state index in [1.54, 1.807) is 20.8 Å². The summed E-state index contributed by atoms with van der Waals surface area (Å²) in [5.41, 5.74) is 0. The third kappa shape index (κ3) is 9.26. The Balaban J connectivity index is 4.76. The first-order valence-electron chi connectivity index (χ1n) is 8.01. The molecule has 0 spiro atoms. The summed E-state index contributed by atoms with van der Waals surface area (Å²) in [6, 6.07) is -2.99. The zero-order valence-corrected chi connectivity index (χ0v) is 14.6. The highest BCUT2D eigenvalue weighted by atomic mass is 16.7. The number of rotatable bonds is 15. The van der Waals surface area contributed by atoms with Crippen molar-refractivity contribution in [3.05, 3.63) is 30.3 Å². The molecule has 0 rings (SSSR count). The molecular formula is C12H24BN3O9. The van der Waals surface area contributed by atoms with Crippen LogP contribution >= 0.6 is 0 Å². The predicted molar refractivity (Wildman–Crippen MR) is 86.8 cm³/mol. The molecule has 13 heteroatoms. The standard InChI is InChI=1S/C12H24BN3O9/c1-4-10(14(17)18)7-23-13(24-8-11(5-2)15(19)20)25-9-12(6-3)16(21)22/h10-12H,4-9H2,1-3H3/t10-,11-,12-/m0/s1. The highest BCUT2D eigenvalue weighted by Crippen LogP contribution is 2.06. The molecule has 0 fully saturated rings. The Morgan fingerprint density at radius 2 is 0.920 bits per heavy atom. The lowest BCUT2D eigenvalue weighted by Crippen LogP contribution is -2.39. The molecule has 0 aromatic heterocycles. The van der Waals surface area contributed by atoms with Gasteiger partial charge in [-0.3, -0.25) is 30.3 Å². The Hall–Kier alpha value is -1.86. The van der Waals surface area contributed by atoms with Gasteiger partial charge in [-0.2, -0.15) is 0 Å². The minimum absolute atomic E-state index is 0.207. The molecule has 0 heterocycles. The van der Waals surface area contributed by atoms with Gasteiger partial charge in [0, 0.05) is 34.0 Å². The van der Waals surface area contributed by atoms with Crippen LogP contribution in [0.15, 0.2) is 0 Å². The summed E-state index contributed by atoms with van der Waals surface area (Å²) in [4.78, 5) is 30.9. The highest BCUT2D eigenvalue weighted by molar-refractivity contribution is 6.36. The summed E-state index contributed by atoms with van der Waals surface area (Å²) in [5.74, 6) is 0. The molecule has 144 valence electrons. The van der Waals surface area contributed by atoms with Gasteiger partial charge in [-0.1, -0.05) is 20.8 Å². The molecule has 0 saturated carbocycles. The van der Waals surface area contributed by atoms with E-state index in [9.17, 15) is 30.3 Å². The molecule has 0 aromatic carbocycles. The molecule has 0 N–H and O–H groups in total. The Morgan fingerprint density at radius 1 is 0.680 bits per heavy atom. The molecular weight excluding hydrogens is 341 g/mol. The Morgan fingerprint density at radius 3 is 1.08 bits per heavy atom. The summed E-state index contributed by atoms with van der Waals surface area (Å²) < 4.78 is 15.5. The maximum Gasteiger partial charge on any atom is 0.640 e. The van der Waals surface area contributed by atoms with Gasteiger partial charge in [-0.05, 0) is 0 Å². The second-order valence-electron chi connectivity index (χ2n) is 5.33. The zero-order chi connectivity index (χ0) is 19.4. The lowest BCUT2D eigenvalue weighted by Gasteiger charge is -2.17. The summed E-state index contributed by atoms with van der Waals surface area (Å²) >= 11 is 0. The molecule has 0 aromatic rings. The van der Waals surface area contributed by atoms with E-state index in [1.165, 1.54) is 0 Å². The van der Waals surface area contributed by atoms with Crippen LogP contribution < -0.4 is 0 Å². The van der Waals surface area contributed by atoms with Gasteiger partial charge >= 0.3 is 7.32 Å². The van der Waals surface area contributed by atoms with Gasteiger partial charge in [0.25, 0.3) is 0 Å². The maximum atomic E-state index is 10.8. The number of hydrogen-bond acceptors (Lipinski definition) is 9. The quantitative estimate of drug-likeness (QED) is 0.236. The summed E-state index contributed by atoms with van der Waals surface area (Å²) in [7, 11) is -1.45. The van der Waals surface area contributed by atoms with Gasteiger partial charge in [0.2, 0.25) is 18.1 Å². The van der Waals surface area contributed by atoms with Gasteiger partial charge in [-0.25, -0.2) is 0 Å². The fourth-order valence-corrected chi connectivity index (χ4v) is 1.70. The van der Waals surface area contributed by atoms with E-state index in [2.05, 4.69) is 0 Å². The molecule has 0 aliphatic heterocycles. The highest BCUT2D eigenvalue weighted by Gasteiger charge is 2.32. The van der Waals surface area contributed by atoms with Gasteiger partial charge < -0.3 is 14.0 Å². The van der Waals surface area contributed by atoms with E-state index in [1.807, 2.05) is 0 Å². The van der Waals surface area contributed by atoms with Crippen LogP contribution in [0.4, 0.5) is 0 Å². The SMILES string of the molecule is CC[C@@H](COB(OC[C@H](CC)[N+](=O)[O-])OC[C@H](CC)[N+](=O)[O-])[N+](=O)[O-]. The lowest BCUT2D eigenvalue weighted by molar-refractivity contribution is -0.528. The van der Waals surface area contributed by atoms with Crippen LogP contribution in [0, 0.1) is 30.3 Å². The van der Waals surface area contributed by atoms with Crippen molar-refractivity contribution in [2.75, 3.05) is 19.8 Å².